The lowest BCUT2D eigenvalue weighted by Crippen LogP contribution is -2.53. The minimum Gasteiger partial charge on any atom is -0.477 e. The Morgan fingerprint density at radius 2 is 1.88 bits per heavy atom. The number of morpholine rings is 1. The average Bonchev–Trinajstić information content (AvgIpc) is 2.62. The topological polar surface area (TPSA) is 79.7 Å². The summed E-state index contributed by atoms with van der Waals surface area (Å²) in [4.78, 5) is 29.5. The van der Waals surface area contributed by atoms with Crippen LogP contribution >= 0.6 is 0 Å². The van der Waals surface area contributed by atoms with Crippen molar-refractivity contribution in [3.63, 3.8) is 0 Å². The van der Waals surface area contributed by atoms with E-state index in [0.717, 1.165) is 5.56 Å². The van der Waals surface area contributed by atoms with E-state index in [0.29, 0.717) is 12.2 Å². The smallest absolute Gasteiger partial charge is 0.354 e. The number of ether oxygens (including phenoxy) is 1. The molecule has 3 rings (SSSR count). The first-order valence-corrected chi connectivity index (χ1v) is 8.17. The second-order valence-corrected chi connectivity index (χ2v) is 6.20. The summed E-state index contributed by atoms with van der Waals surface area (Å²) in [5, 5.41) is 8.93. The lowest BCUT2D eigenvalue weighted by Gasteiger charge is -2.43. The summed E-state index contributed by atoms with van der Waals surface area (Å²) >= 11 is 0. The molecule has 1 aliphatic rings. The Kier molecular flexibility index (Phi) is 4.81. The van der Waals surface area contributed by atoms with E-state index in [2.05, 4.69) is 4.98 Å². The Morgan fingerprint density at radius 3 is 2.48 bits per heavy atom. The number of aromatic nitrogens is 1. The molecule has 6 nitrogen and oxygen atoms in total. The highest BCUT2D eigenvalue weighted by molar-refractivity contribution is 5.95. The van der Waals surface area contributed by atoms with Crippen LogP contribution in [0.25, 0.3) is 0 Å². The molecular formula is C19H20N2O4. The Labute approximate surface area is 146 Å². The minimum absolute atomic E-state index is 0.0817. The van der Waals surface area contributed by atoms with Crippen molar-refractivity contribution in [1.29, 1.82) is 0 Å². The van der Waals surface area contributed by atoms with E-state index in [9.17, 15) is 9.59 Å². The van der Waals surface area contributed by atoms with Crippen LogP contribution in [0.3, 0.4) is 0 Å². The third kappa shape index (κ3) is 3.39. The van der Waals surface area contributed by atoms with Gasteiger partial charge < -0.3 is 14.7 Å². The van der Waals surface area contributed by atoms with Crippen molar-refractivity contribution in [2.75, 3.05) is 6.61 Å². The van der Waals surface area contributed by atoms with Crippen molar-refractivity contribution < 1.29 is 19.4 Å². The molecule has 1 aliphatic heterocycles. The zero-order chi connectivity index (χ0) is 18.0. The number of carbonyl (C=O) groups excluding carboxylic acids is 1. The second kappa shape index (κ2) is 7.03. The molecule has 2 aromatic rings. The highest BCUT2D eigenvalue weighted by Crippen LogP contribution is 2.31. The number of carboxylic acids is 1. The summed E-state index contributed by atoms with van der Waals surface area (Å²) in [7, 11) is 0. The summed E-state index contributed by atoms with van der Waals surface area (Å²) in [6, 6.07) is 12.4. The standard InChI is InChI=1S/C19H20N2O4/c1-12-11-25-17(14-6-4-3-5-7-14)13(2)21(12)18(22)15-8-9-16(19(23)24)20-10-15/h3-10,12-13,17H,11H2,1-2H3,(H,23,24). The van der Waals surface area contributed by atoms with Gasteiger partial charge in [-0.05, 0) is 31.5 Å². The monoisotopic (exact) mass is 340 g/mol. The van der Waals surface area contributed by atoms with Crippen LogP contribution in [0.5, 0.6) is 0 Å². The van der Waals surface area contributed by atoms with E-state index in [-0.39, 0.29) is 29.8 Å². The molecule has 25 heavy (non-hydrogen) atoms. The van der Waals surface area contributed by atoms with E-state index in [4.69, 9.17) is 9.84 Å². The van der Waals surface area contributed by atoms with Crippen LogP contribution in [0.1, 0.15) is 46.4 Å². The first kappa shape index (κ1) is 17.1. The molecule has 6 heteroatoms. The number of carboxylic acid groups (broad SMARTS) is 1. The number of pyridine rings is 1. The molecule has 1 aromatic heterocycles. The Bertz CT molecular complexity index is 761. The molecule has 1 amide bonds. The highest BCUT2D eigenvalue weighted by atomic mass is 16.5. The molecule has 2 heterocycles. The van der Waals surface area contributed by atoms with Gasteiger partial charge in [0.25, 0.3) is 5.91 Å². The quantitative estimate of drug-likeness (QED) is 0.929. The zero-order valence-electron chi connectivity index (χ0n) is 14.1. The van der Waals surface area contributed by atoms with Crippen molar-refractivity contribution in [1.82, 2.24) is 9.88 Å². The van der Waals surface area contributed by atoms with Crippen molar-refractivity contribution in [2.45, 2.75) is 32.0 Å². The summed E-state index contributed by atoms with van der Waals surface area (Å²) in [5.41, 5.74) is 1.32. The number of aromatic carboxylic acids is 1. The van der Waals surface area contributed by atoms with Crippen LogP contribution in [0, 0.1) is 0 Å². The summed E-state index contributed by atoms with van der Waals surface area (Å²) < 4.78 is 5.97. The van der Waals surface area contributed by atoms with E-state index in [1.807, 2.05) is 44.2 Å². The molecule has 1 fully saturated rings. The van der Waals surface area contributed by atoms with Gasteiger partial charge in [0, 0.05) is 6.20 Å². The van der Waals surface area contributed by atoms with E-state index in [1.54, 1.807) is 4.90 Å². The molecule has 1 N–H and O–H groups in total. The SMILES string of the molecule is CC1COC(c2ccccc2)C(C)N1C(=O)c1ccc(C(=O)O)nc1. The highest BCUT2D eigenvalue weighted by Gasteiger charge is 2.37. The lowest BCUT2D eigenvalue weighted by molar-refractivity contribution is -0.0806. The largest absolute Gasteiger partial charge is 0.477 e. The van der Waals surface area contributed by atoms with E-state index in [1.165, 1.54) is 18.3 Å². The van der Waals surface area contributed by atoms with Gasteiger partial charge >= 0.3 is 5.97 Å². The van der Waals surface area contributed by atoms with Gasteiger partial charge in [-0.1, -0.05) is 30.3 Å². The number of amides is 1. The molecular weight excluding hydrogens is 320 g/mol. The van der Waals surface area contributed by atoms with Crippen molar-refractivity contribution in [3.05, 3.63) is 65.5 Å². The normalized spacial score (nSPS) is 23.3. The molecule has 3 atom stereocenters. The maximum Gasteiger partial charge on any atom is 0.354 e. The number of carbonyl (C=O) groups is 2. The molecule has 130 valence electrons. The number of hydrogen-bond acceptors (Lipinski definition) is 4. The van der Waals surface area contributed by atoms with E-state index < -0.39 is 5.97 Å². The molecule has 0 spiro atoms. The van der Waals surface area contributed by atoms with Crippen molar-refractivity contribution in [2.24, 2.45) is 0 Å². The predicted molar refractivity (Wildman–Crippen MR) is 91.4 cm³/mol. The summed E-state index contributed by atoms with van der Waals surface area (Å²) in [6.07, 6.45) is 1.12. The fraction of sp³-hybridized carbons (Fsp3) is 0.316. The maximum atomic E-state index is 13.0. The second-order valence-electron chi connectivity index (χ2n) is 6.20. The zero-order valence-corrected chi connectivity index (χ0v) is 14.1. The first-order chi connectivity index (χ1) is 12.0. The first-order valence-electron chi connectivity index (χ1n) is 8.17. The van der Waals surface area contributed by atoms with Gasteiger partial charge in [0.05, 0.1) is 24.3 Å². The molecule has 0 bridgehead atoms. The Hall–Kier alpha value is -2.73. The van der Waals surface area contributed by atoms with Gasteiger partial charge in [0.2, 0.25) is 0 Å². The van der Waals surface area contributed by atoms with Crippen LogP contribution in [-0.2, 0) is 4.74 Å². The van der Waals surface area contributed by atoms with Gasteiger partial charge in [0.1, 0.15) is 11.8 Å². The van der Waals surface area contributed by atoms with Gasteiger partial charge in [-0.3, -0.25) is 4.79 Å². The molecule has 3 unspecified atom stereocenters. The maximum absolute atomic E-state index is 13.0. The van der Waals surface area contributed by atoms with Crippen LogP contribution in [0.2, 0.25) is 0 Å². The number of rotatable bonds is 3. The van der Waals surface area contributed by atoms with Gasteiger partial charge in [-0.15, -0.1) is 0 Å². The molecule has 0 saturated carbocycles. The van der Waals surface area contributed by atoms with Crippen LogP contribution < -0.4 is 0 Å². The van der Waals surface area contributed by atoms with Crippen molar-refractivity contribution in [3.8, 4) is 0 Å². The van der Waals surface area contributed by atoms with E-state index >= 15 is 0 Å². The van der Waals surface area contributed by atoms with Crippen molar-refractivity contribution >= 4 is 11.9 Å². The van der Waals surface area contributed by atoms with Gasteiger partial charge in [0.15, 0.2) is 0 Å². The molecule has 0 aliphatic carbocycles. The van der Waals surface area contributed by atoms with Crippen LogP contribution in [-0.4, -0.2) is 45.6 Å². The Balaban J connectivity index is 1.85. The summed E-state index contributed by atoms with van der Waals surface area (Å²) in [5.74, 6) is -1.29. The number of benzene rings is 1. The number of hydrogen-bond donors (Lipinski definition) is 1. The fourth-order valence-electron chi connectivity index (χ4n) is 3.21. The average molecular weight is 340 g/mol. The fourth-order valence-corrected chi connectivity index (χ4v) is 3.21. The number of nitrogens with zero attached hydrogens (tertiary/aromatic N) is 2. The lowest BCUT2D eigenvalue weighted by atomic mass is 9.98. The minimum atomic E-state index is -1.11. The van der Waals surface area contributed by atoms with Gasteiger partial charge in [-0.2, -0.15) is 0 Å². The molecule has 0 radical (unpaired) electrons. The summed E-state index contributed by atoms with van der Waals surface area (Å²) in [6.45, 7) is 4.34. The molecule has 1 aromatic carbocycles. The third-order valence-corrected chi connectivity index (χ3v) is 4.46. The van der Waals surface area contributed by atoms with Crippen LogP contribution in [0.15, 0.2) is 48.7 Å². The third-order valence-electron chi connectivity index (χ3n) is 4.46. The Morgan fingerprint density at radius 1 is 1.16 bits per heavy atom. The van der Waals surface area contributed by atoms with Gasteiger partial charge in [-0.25, -0.2) is 9.78 Å². The molecule has 1 saturated heterocycles. The predicted octanol–water partition coefficient (Wildman–Crippen LogP) is 2.77. The van der Waals surface area contributed by atoms with Crippen LogP contribution in [0.4, 0.5) is 0 Å².